The van der Waals surface area contributed by atoms with Crippen LogP contribution in [0.4, 0.5) is 0 Å². The first-order valence-electron chi connectivity index (χ1n) is 9.08. The van der Waals surface area contributed by atoms with Crippen LogP contribution in [0.3, 0.4) is 0 Å². The van der Waals surface area contributed by atoms with Gasteiger partial charge in [-0.25, -0.2) is 4.98 Å². The number of hydrogen-bond donors (Lipinski definition) is 2. The SMILES string of the molecule is O=C(C=Cc1cc(CCO)cc(-n2nc3cccnc3n2)c1O)c1ccccc1. The number of nitrogens with zero attached hydrogens (tertiary/aromatic N) is 4. The molecule has 144 valence electrons. The molecule has 4 aromatic rings. The van der Waals surface area contributed by atoms with Gasteiger partial charge in [0, 0.05) is 23.9 Å². The molecule has 0 saturated carbocycles. The molecule has 0 saturated heterocycles. The van der Waals surface area contributed by atoms with Crippen LogP contribution < -0.4 is 0 Å². The number of aliphatic hydroxyl groups excluding tert-OH is 1. The Hall–Kier alpha value is -3.84. The van der Waals surface area contributed by atoms with Crippen molar-refractivity contribution in [1.29, 1.82) is 0 Å². The third kappa shape index (κ3) is 3.90. The Bertz CT molecular complexity index is 1170. The van der Waals surface area contributed by atoms with Crippen LogP contribution in [0.25, 0.3) is 22.9 Å². The monoisotopic (exact) mass is 386 g/mol. The van der Waals surface area contributed by atoms with Crippen LogP contribution in [-0.2, 0) is 6.42 Å². The molecule has 2 aromatic heterocycles. The number of carbonyl (C=O) groups is 1. The van der Waals surface area contributed by atoms with E-state index in [1.54, 1.807) is 60.8 Å². The number of rotatable bonds is 6. The zero-order valence-corrected chi connectivity index (χ0v) is 15.4. The normalized spacial score (nSPS) is 11.3. The fraction of sp³-hybridized carbons (Fsp3) is 0.0909. The second kappa shape index (κ2) is 8.04. The first kappa shape index (κ1) is 18.5. The molecule has 0 bridgehead atoms. The van der Waals surface area contributed by atoms with E-state index in [0.717, 1.165) is 5.56 Å². The smallest absolute Gasteiger partial charge is 0.202 e. The van der Waals surface area contributed by atoms with Crippen molar-refractivity contribution in [2.24, 2.45) is 0 Å². The fourth-order valence-corrected chi connectivity index (χ4v) is 2.98. The summed E-state index contributed by atoms with van der Waals surface area (Å²) in [5, 5.41) is 28.8. The predicted molar refractivity (Wildman–Crippen MR) is 109 cm³/mol. The number of fused-ring (bicyclic) bond motifs is 1. The summed E-state index contributed by atoms with van der Waals surface area (Å²) in [4.78, 5) is 17.8. The molecule has 0 fully saturated rings. The average Bonchev–Trinajstić information content (AvgIpc) is 3.18. The second-order valence-corrected chi connectivity index (χ2v) is 6.43. The van der Waals surface area contributed by atoms with E-state index in [4.69, 9.17) is 0 Å². The first-order chi connectivity index (χ1) is 14.2. The van der Waals surface area contributed by atoms with E-state index in [1.165, 1.54) is 10.9 Å². The summed E-state index contributed by atoms with van der Waals surface area (Å²) in [6.07, 6.45) is 4.97. The predicted octanol–water partition coefficient (Wildman–Crippen LogP) is 2.95. The standard InChI is InChI=1S/C22H18N4O3/c27-12-10-15-13-17(8-9-20(28)16-5-2-1-3-6-16)21(29)19(14-15)26-24-18-7-4-11-23-22(18)25-26/h1-9,11,13-14,27,29H,10,12H2. The van der Waals surface area contributed by atoms with Gasteiger partial charge in [-0.2, -0.15) is 0 Å². The van der Waals surface area contributed by atoms with Gasteiger partial charge in [0.25, 0.3) is 0 Å². The molecule has 0 spiro atoms. The van der Waals surface area contributed by atoms with Gasteiger partial charge in [-0.15, -0.1) is 15.0 Å². The largest absolute Gasteiger partial charge is 0.505 e. The Morgan fingerprint density at radius 1 is 1.07 bits per heavy atom. The summed E-state index contributed by atoms with van der Waals surface area (Å²) in [6, 6.07) is 15.9. The fourth-order valence-electron chi connectivity index (χ4n) is 2.98. The molecule has 7 nitrogen and oxygen atoms in total. The number of aliphatic hydroxyl groups is 1. The first-order valence-corrected chi connectivity index (χ1v) is 9.08. The number of phenols is 1. The Labute approximate surface area is 166 Å². The lowest BCUT2D eigenvalue weighted by molar-refractivity contribution is 0.104. The number of aromatic nitrogens is 4. The van der Waals surface area contributed by atoms with Crippen LogP contribution in [-0.4, -0.2) is 42.6 Å². The van der Waals surface area contributed by atoms with Crippen molar-refractivity contribution in [3.8, 4) is 11.4 Å². The van der Waals surface area contributed by atoms with Crippen molar-refractivity contribution >= 4 is 23.0 Å². The lowest BCUT2D eigenvalue weighted by Gasteiger charge is -2.10. The molecule has 0 radical (unpaired) electrons. The molecule has 2 aromatic carbocycles. The van der Waals surface area contributed by atoms with E-state index >= 15 is 0 Å². The molecule has 2 N–H and O–H groups in total. The number of benzene rings is 2. The molecule has 29 heavy (non-hydrogen) atoms. The molecular formula is C22H18N4O3. The zero-order chi connectivity index (χ0) is 20.2. The average molecular weight is 386 g/mol. The van der Waals surface area contributed by atoms with E-state index < -0.39 is 0 Å². The quantitative estimate of drug-likeness (QED) is 0.390. The van der Waals surface area contributed by atoms with Crippen LogP contribution in [0.5, 0.6) is 5.75 Å². The van der Waals surface area contributed by atoms with Crippen molar-refractivity contribution in [2.45, 2.75) is 6.42 Å². The summed E-state index contributed by atoms with van der Waals surface area (Å²) in [5.74, 6) is -0.240. The minimum absolute atomic E-state index is 0.0492. The number of ketones is 1. The van der Waals surface area contributed by atoms with Crippen LogP contribution in [0.1, 0.15) is 21.5 Å². The van der Waals surface area contributed by atoms with Crippen LogP contribution in [0, 0.1) is 0 Å². The lowest BCUT2D eigenvalue weighted by Crippen LogP contribution is -2.03. The third-order valence-corrected chi connectivity index (χ3v) is 4.43. The number of allylic oxidation sites excluding steroid dienone is 1. The van der Waals surface area contributed by atoms with Gasteiger partial charge in [0.2, 0.25) is 5.65 Å². The number of pyridine rings is 1. The van der Waals surface area contributed by atoms with Gasteiger partial charge in [0.15, 0.2) is 5.78 Å². The van der Waals surface area contributed by atoms with Crippen LogP contribution >= 0.6 is 0 Å². The Morgan fingerprint density at radius 3 is 2.66 bits per heavy atom. The maximum absolute atomic E-state index is 12.4. The summed E-state index contributed by atoms with van der Waals surface area (Å²) in [6.45, 7) is -0.0492. The van der Waals surface area contributed by atoms with E-state index in [9.17, 15) is 15.0 Å². The van der Waals surface area contributed by atoms with Gasteiger partial charge in [-0.05, 0) is 48.4 Å². The molecule has 0 unspecified atom stereocenters. The number of carbonyl (C=O) groups excluding carboxylic acids is 1. The summed E-state index contributed by atoms with van der Waals surface area (Å²) >= 11 is 0. The molecule has 0 aliphatic heterocycles. The van der Waals surface area contributed by atoms with Gasteiger partial charge in [0.1, 0.15) is 17.0 Å². The molecule has 2 heterocycles. The highest BCUT2D eigenvalue weighted by atomic mass is 16.3. The number of hydrogen-bond acceptors (Lipinski definition) is 6. The molecule has 0 amide bonds. The van der Waals surface area contributed by atoms with Crippen molar-refractivity contribution in [2.75, 3.05) is 6.61 Å². The van der Waals surface area contributed by atoms with Gasteiger partial charge in [-0.3, -0.25) is 4.79 Å². The molecule has 0 atom stereocenters. The van der Waals surface area contributed by atoms with E-state index in [0.29, 0.717) is 34.4 Å². The van der Waals surface area contributed by atoms with Crippen molar-refractivity contribution < 1.29 is 15.0 Å². The summed E-state index contributed by atoms with van der Waals surface area (Å²) < 4.78 is 0. The Morgan fingerprint density at radius 2 is 1.90 bits per heavy atom. The van der Waals surface area contributed by atoms with E-state index in [1.807, 2.05) is 6.07 Å². The van der Waals surface area contributed by atoms with Crippen LogP contribution in [0.2, 0.25) is 0 Å². The van der Waals surface area contributed by atoms with Gasteiger partial charge in [0.05, 0.1) is 0 Å². The molecule has 7 heteroatoms. The molecular weight excluding hydrogens is 368 g/mol. The van der Waals surface area contributed by atoms with Crippen molar-refractivity contribution in [1.82, 2.24) is 20.0 Å². The second-order valence-electron chi connectivity index (χ2n) is 6.43. The maximum Gasteiger partial charge on any atom is 0.202 e. The summed E-state index contributed by atoms with van der Waals surface area (Å²) in [5.41, 5.74) is 3.17. The summed E-state index contributed by atoms with van der Waals surface area (Å²) in [7, 11) is 0. The highest BCUT2D eigenvalue weighted by molar-refractivity contribution is 6.07. The van der Waals surface area contributed by atoms with Crippen LogP contribution in [0.15, 0.2) is 66.9 Å². The zero-order valence-electron chi connectivity index (χ0n) is 15.4. The lowest BCUT2D eigenvalue weighted by atomic mass is 10.0. The molecule has 0 aliphatic rings. The van der Waals surface area contributed by atoms with E-state index in [2.05, 4.69) is 15.2 Å². The molecule has 4 rings (SSSR count). The molecule has 0 aliphatic carbocycles. The van der Waals surface area contributed by atoms with Gasteiger partial charge < -0.3 is 10.2 Å². The number of aromatic hydroxyl groups is 1. The topological polar surface area (TPSA) is 101 Å². The van der Waals surface area contributed by atoms with E-state index in [-0.39, 0.29) is 18.1 Å². The third-order valence-electron chi connectivity index (χ3n) is 4.43. The highest BCUT2D eigenvalue weighted by Crippen LogP contribution is 2.29. The highest BCUT2D eigenvalue weighted by Gasteiger charge is 2.14. The Kier molecular flexibility index (Phi) is 5.13. The minimum atomic E-state index is -0.175. The van der Waals surface area contributed by atoms with Crippen molar-refractivity contribution in [3.63, 3.8) is 0 Å². The number of phenolic OH excluding ortho intramolecular Hbond substituents is 1. The minimum Gasteiger partial charge on any atom is -0.505 e. The van der Waals surface area contributed by atoms with Crippen molar-refractivity contribution in [3.05, 3.63) is 83.6 Å². The van der Waals surface area contributed by atoms with Gasteiger partial charge in [-0.1, -0.05) is 30.3 Å². The maximum atomic E-state index is 12.4. The van der Waals surface area contributed by atoms with Gasteiger partial charge >= 0.3 is 0 Å². The Balaban J connectivity index is 1.75.